The van der Waals surface area contributed by atoms with Crippen molar-refractivity contribution in [3.05, 3.63) is 34.3 Å². The van der Waals surface area contributed by atoms with Gasteiger partial charge in [-0.3, -0.25) is 0 Å². The fraction of sp³-hybridized carbons (Fsp3) is 0.571. The number of hydrogen-bond acceptors (Lipinski definition) is 4. The molecule has 0 saturated heterocycles. The summed E-state index contributed by atoms with van der Waals surface area (Å²) in [5, 5.41) is 4.67. The third kappa shape index (κ3) is 4.44. The Balaban J connectivity index is 1.67. The van der Waals surface area contributed by atoms with Crippen LogP contribution in [0, 0.1) is 0 Å². The number of aryl methyl sites for hydroxylation is 1. The Morgan fingerprint density at radius 2 is 2.16 bits per heavy atom. The first-order valence-electron chi connectivity index (χ1n) is 6.70. The number of imidazole rings is 1. The smallest absolute Gasteiger partial charge is 0.106 e. The van der Waals surface area contributed by atoms with E-state index in [0.717, 1.165) is 31.8 Å². The standard InChI is InChI=1S/C14H22N4S/c1-14(2,3)13-18-10-11(19-13)9-15-6-4-5-12-16-7-8-17-12/h7-8,10,15H,4-6,9H2,1-3H3,(H,16,17). The lowest BCUT2D eigenvalue weighted by Crippen LogP contribution is -2.14. The molecule has 2 N–H and O–H groups in total. The molecule has 0 spiro atoms. The monoisotopic (exact) mass is 278 g/mol. The highest BCUT2D eigenvalue weighted by molar-refractivity contribution is 7.11. The average Bonchev–Trinajstić information content (AvgIpc) is 2.97. The molecule has 19 heavy (non-hydrogen) atoms. The number of nitrogens with zero attached hydrogens (tertiary/aromatic N) is 2. The second kappa shape index (κ2) is 6.30. The van der Waals surface area contributed by atoms with E-state index < -0.39 is 0 Å². The van der Waals surface area contributed by atoms with Crippen LogP contribution in [-0.4, -0.2) is 21.5 Å². The molecule has 0 saturated carbocycles. The summed E-state index contributed by atoms with van der Waals surface area (Å²) in [7, 11) is 0. The average molecular weight is 278 g/mol. The summed E-state index contributed by atoms with van der Waals surface area (Å²) in [6, 6.07) is 0. The number of thiazole rings is 1. The second-order valence-electron chi connectivity index (χ2n) is 5.70. The quantitative estimate of drug-likeness (QED) is 0.799. The number of H-pyrrole nitrogens is 1. The Morgan fingerprint density at radius 3 is 2.79 bits per heavy atom. The predicted octanol–water partition coefficient (Wildman–Crippen LogP) is 2.89. The zero-order chi connectivity index (χ0) is 13.7. The van der Waals surface area contributed by atoms with Gasteiger partial charge in [-0.1, -0.05) is 20.8 Å². The molecule has 0 fully saturated rings. The van der Waals surface area contributed by atoms with E-state index >= 15 is 0 Å². The van der Waals surface area contributed by atoms with Gasteiger partial charge in [-0.05, 0) is 13.0 Å². The number of aromatic nitrogens is 3. The zero-order valence-electron chi connectivity index (χ0n) is 11.9. The van der Waals surface area contributed by atoms with Crippen LogP contribution in [0.15, 0.2) is 18.6 Å². The highest BCUT2D eigenvalue weighted by Crippen LogP contribution is 2.26. The van der Waals surface area contributed by atoms with Gasteiger partial charge in [0.2, 0.25) is 0 Å². The fourth-order valence-corrected chi connectivity index (χ4v) is 2.70. The molecular weight excluding hydrogens is 256 g/mol. The van der Waals surface area contributed by atoms with E-state index in [1.807, 2.05) is 12.4 Å². The van der Waals surface area contributed by atoms with E-state index in [9.17, 15) is 0 Å². The second-order valence-corrected chi connectivity index (χ2v) is 6.81. The molecule has 2 aromatic heterocycles. The number of hydrogen-bond donors (Lipinski definition) is 2. The van der Waals surface area contributed by atoms with Crippen LogP contribution in [0.2, 0.25) is 0 Å². The molecule has 104 valence electrons. The molecule has 4 nitrogen and oxygen atoms in total. The molecule has 0 aliphatic heterocycles. The fourth-order valence-electron chi connectivity index (χ4n) is 1.76. The van der Waals surface area contributed by atoms with Gasteiger partial charge in [0.25, 0.3) is 0 Å². The minimum absolute atomic E-state index is 0.155. The number of nitrogens with one attached hydrogen (secondary N) is 2. The van der Waals surface area contributed by atoms with Crippen molar-refractivity contribution in [1.29, 1.82) is 0 Å². The van der Waals surface area contributed by atoms with Crippen LogP contribution in [-0.2, 0) is 18.4 Å². The van der Waals surface area contributed by atoms with Gasteiger partial charge in [0.1, 0.15) is 5.82 Å². The summed E-state index contributed by atoms with van der Waals surface area (Å²) < 4.78 is 0. The SMILES string of the molecule is CC(C)(C)c1ncc(CNCCCc2ncc[nH]2)s1. The molecule has 0 unspecified atom stereocenters. The lowest BCUT2D eigenvalue weighted by atomic mass is 9.98. The van der Waals surface area contributed by atoms with Crippen LogP contribution < -0.4 is 5.32 Å². The van der Waals surface area contributed by atoms with Crippen LogP contribution in [0.25, 0.3) is 0 Å². The molecule has 5 heteroatoms. The predicted molar refractivity (Wildman–Crippen MR) is 79.4 cm³/mol. The maximum Gasteiger partial charge on any atom is 0.106 e. The molecule has 0 aliphatic rings. The maximum absolute atomic E-state index is 4.49. The van der Waals surface area contributed by atoms with Crippen LogP contribution >= 0.6 is 11.3 Å². The summed E-state index contributed by atoms with van der Waals surface area (Å²) in [5.74, 6) is 1.06. The first-order valence-corrected chi connectivity index (χ1v) is 7.51. The van der Waals surface area contributed by atoms with Gasteiger partial charge in [0.05, 0.1) is 5.01 Å². The molecule has 2 rings (SSSR count). The van der Waals surface area contributed by atoms with E-state index in [-0.39, 0.29) is 5.41 Å². The van der Waals surface area contributed by atoms with Crippen molar-refractivity contribution >= 4 is 11.3 Å². The minimum Gasteiger partial charge on any atom is -0.349 e. The highest BCUT2D eigenvalue weighted by Gasteiger charge is 2.17. The van der Waals surface area contributed by atoms with Crippen molar-refractivity contribution in [2.75, 3.05) is 6.54 Å². The van der Waals surface area contributed by atoms with E-state index in [0.29, 0.717) is 0 Å². The summed E-state index contributed by atoms with van der Waals surface area (Å²) >= 11 is 1.80. The van der Waals surface area contributed by atoms with Crippen molar-refractivity contribution in [2.45, 2.75) is 45.6 Å². The van der Waals surface area contributed by atoms with Gasteiger partial charge in [0, 0.05) is 41.8 Å². The zero-order valence-corrected chi connectivity index (χ0v) is 12.7. The normalized spacial score (nSPS) is 11.9. The minimum atomic E-state index is 0.155. The molecule has 0 atom stereocenters. The summed E-state index contributed by atoms with van der Waals surface area (Å²) in [5.41, 5.74) is 0.155. The van der Waals surface area contributed by atoms with Crippen LogP contribution in [0.1, 0.15) is 42.9 Å². The van der Waals surface area contributed by atoms with Crippen molar-refractivity contribution in [3.8, 4) is 0 Å². The number of rotatable bonds is 6. The molecule has 0 bridgehead atoms. The first kappa shape index (κ1) is 14.2. The van der Waals surface area contributed by atoms with Crippen LogP contribution in [0.5, 0.6) is 0 Å². The third-order valence-electron chi connectivity index (χ3n) is 2.82. The Morgan fingerprint density at radius 1 is 1.32 bits per heavy atom. The van der Waals surface area contributed by atoms with Crippen molar-refractivity contribution in [1.82, 2.24) is 20.3 Å². The third-order valence-corrected chi connectivity index (χ3v) is 4.24. The Labute approximate surface area is 118 Å². The van der Waals surface area contributed by atoms with E-state index in [1.165, 1.54) is 9.88 Å². The maximum atomic E-state index is 4.49. The Hall–Kier alpha value is -1.20. The van der Waals surface area contributed by atoms with Gasteiger partial charge in [-0.2, -0.15) is 0 Å². The molecule has 0 amide bonds. The lowest BCUT2D eigenvalue weighted by molar-refractivity contribution is 0.585. The van der Waals surface area contributed by atoms with Crippen molar-refractivity contribution < 1.29 is 0 Å². The first-order chi connectivity index (χ1) is 9.05. The Kier molecular flexibility index (Phi) is 4.71. The van der Waals surface area contributed by atoms with Gasteiger partial charge >= 0.3 is 0 Å². The molecule has 2 aromatic rings. The van der Waals surface area contributed by atoms with Crippen LogP contribution in [0.4, 0.5) is 0 Å². The van der Waals surface area contributed by atoms with Gasteiger partial charge in [-0.25, -0.2) is 9.97 Å². The molecule has 0 aromatic carbocycles. The summed E-state index contributed by atoms with van der Waals surface area (Å²) in [4.78, 5) is 13.1. The Bertz CT molecular complexity index is 482. The van der Waals surface area contributed by atoms with E-state index in [1.54, 1.807) is 17.5 Å². The van der Waals surface area contributed by atoms with Crippen LogP contribution in [0.3, 0.4) is 0 Å². The topological polar surface area (TPSA) is 53.6 Å². The molecule has 0 radical (unpaired) electrons. The van der Waals surface area contributed by atoms with E-state index in [2.05, 4.69) is 41.0 Å². The highest BCUT2D eigenvalue weighted by atomic mass is 32.1. The van der Waals surface area contributed by atoms with E-state index in [4.69, 9.17) is 0 Å². The summed E-state index contributed by atoms with van der Waals surface area (Å²) in [6.07, 6.45) is 7.75. The van der Waals surface area contributed by atoms with Crippen molar-refractivity contribution in [3.63, 3.8) is 0 Å². The van der Waals surface area contributed by atoms with Gasteiger partial charge in [-0.15, -0.1) is 11.3 Å². The number of aromatic amines is 1. The lowest BCUT2D eigenvalue weighted by Gasteiger charge is -2.13. The van der Waals surface area contributed by atoms with Gasteiger partial charge < -0.3 is 10.3 Å². The van der Waals surface area contributed by atoms with Crippen molar-refractivity contribution in [2.24, 2.45) is 0 Å². The molecule has 2 heterocycles. The largest absolute Gasteiger partial charge is 0.349 e. The van der Waals surface area contributed by atoms with Gasteiger partial charge in [0.15, 0.2) is 0 Å². The summed E-state index contributed by atoms with van der Waals surface area (Å²) in [6.45, 7) is 8.51. The molecule has 0 aliphatic carbocycles. The molecular formula is C14H22N4S.